The van der Waals surface area contributed by atoms with Crippen LogP contribution in [0.4, 0.5) is 0 Å². The van der Waals surface area contributed by atoms with Crippen LogP contribution in [0.15, 0.2) is 18.2 Å². The fourth-order valence-corrected chi connectivity index (χ4v) is 6.05. The van der Waals surface area contributed by atoms with Gasteiger partial charge in [-0.1, -0.05) is 12.1 Å². The molecular weight excluding hydrogens is 314 g/mol. The minimum absolute atomic E-state index is 0.559. The van der Waals surface area contributed by atoms with E-state index in [1.165, 1.54) is 41.5 Å². The quantitative estimate of drug-likeness (QED) is 0.836. The summed E-state index contributed by atoms with van der Waals surface area (Å²) in [7, 11) is 3.45. The summed E-state index contributed by atoms with van der Waals surface area (Å²) in [5.74, 6) is 7.51. The van der Waals surface area contributed by atoms with Crippen molar-refractivity contribution in [3.05, 3.63) is 23.8 Å². The molecular formula is C17H25NO2S2. The fraction of sp³-hybridized carbons (Fsp3) is 0.647. The second kappa shape index (κ2) is 7.84. The molecule has 0 N–H and O–H groups in total. The summed E-state index contributed by atoms with van der Waals surface area (Å²) in [6.07, 6.45) is 1.22. The van der Waals surface area contributed by atoms with Crippen LogP contribution in [-0.4, -0.2) is 61.3 Å². The predicted octanol–water partition coefficient (Wildman–Crippen LogP) is 3.34. The van der Waals surface area contributed by atoms with Gasteiger partial charge in [0.05, 0.1) is 14.2 Å². The number of rotatable bonds is 4. The van der Waals surface area contributed by atoms with Crippen molar-refractivity contribution in [2.75, 3.05) is 50.3 Å². The molecule has 2 fully saturated rings. The molecule has 1 aromatic rings. The largest absolute Gasteiger partial charge is 0.493 e. The number of likely N-dealkylation sites (tertiary alicyclic amines) is 1. The zero-order valence-electron chi connectivity index (χ0n) is 13.4. The number of hydrogen-bond acceptors (Lipinski definition) is 5. The van der Waals surface area contributed by atoms with E-state index in [1.807, 2.05) is 6.07 Å². The van der Waals surface area contributed by atoms with E-state index in [2.05, 4.69) is 40.6 Å². The Kier molecular flexibility index (Phi) is 5.83. The molecule has 2 aliphatic rings. The van der Waals surface area contributed by atoms with Crippen LogP contribution in [0.1, 0.15) is 17.9 Å². The van der Waals surface area contributed by atoms with Crippen LogP contribution in [0.25, 0.3) is 0 Å². The summed E-state index contributed by atoms with van der Waals surface area (Å²) in [5, 5.41) is 0. The Morgan fingerprint density at radius 2 is 1.86 bits per heavy atom. The lowest BCUT2D eigenvalue weighted by Crippen LogP contribution is -2.36. The molecule has 122 valence electrons. The van der Waals surface area contributed by atoms with Crippen molar-refractivity contribution in [3.8, 4) is 11.5 Å². The minimum Gasteiger partial charge on any atom is -0.493 e. The van der Waals surface area contributed by atoms with Crippen LogP contribution < -0.4 is 9.47 Å². The molecule has 1 aromatic carbocycles. The summed E-state index contributed by atoms with van der Waals surface area (Å²) in [5.41, 5.74) is 1.30. The van der Waals surface area contributed by atoms with Gasteiger partial charge in [-0.25, -0.2) is 0 Å². The van der Waals surface area contributed by atoms with Gasteiger partial charge in [0.2, 0.25) is 0 Å². The Hall–Kier alpha value is -0.520. The van der Waals surface area contributed by atoms with Crippen molar-refractivity contribution in [1.82, 2.24) is 4.90 Å². The molecule has 0 aromatic heterocycles. The minimum atomic E-state index is 0.559. The Morgan fingerprint density at radius 1 is 1.09 bits per heavy atom. The van der Waals surface area contributed by atoms with Gasteiger partial charge in [-0.05, 0) is 19.0 Å². The molecule has 2 aliphatic heterocycles. The monoisotopic (exact) mass is 339 g/mol. The summed E-state index contributed by atoms with van der Waals surface area (Å²) in [6, 6.07) is 7.00. The molecule has 2 saturated heterocycles. The van der Waals surface area contributed by atoms with Crippen LogP contribution in [0.2, 0.25) is 0 Å². The Balaban J connectivity index is 1.72. The van der Waals surface area contributed by atoms with E-state index in [4.69, 9.17) is 9.47 Å². The van der Waals surface area contributed by atoms with Crippen LogP contribution in [0, 0.1) is 0 Å². The maximum atomic E-state index is 5.63. The number of nitrogens with zero attached hydrogens (tertiary/aromatic N) is 1. The predicted molar refractivity (Wildman–Crippen MR) is 96.9 cm³/mol. The second-order valence-electron chi connectivity index (χ2n) is 5.87. The Morgan fingerprint density at radius 3 is 2.55 bits per heavy atom. The van der Waals surface area contributed by atoms with Crippen LogP contribution in [-0.2, 0) is 0 Å². The summed E-state index contributed by atoms with van der Waals surface area (Å²) in [6.45, 7) is 2.35. The molecule has 5 heteroatoms. The standard InChI is InChI=1S/C17H25NO2S2/c1-19-16-5-3-4-15(17(16)20-2)13-6-7-18(10-13)14-11-21-8-9-22-12-14/h3-5,13-14H,6-12H2,1-2H3. The normalized spacial score (nSPS) is 24.2. The van der Waals surface area contributed by atoms with Crippen LogP contribution in [0.3, 0.4) is 0 Å². The van der Waals surface area contributed by atoms with Gasteiger partial charge < -0.3 is 9.47 Å². The number of para-hydroxylation sites is 1. The molecule has 0 spiro atoms. The lowest BCUT2D eigenvalue weighted by molar-refractivity contribution is 0.279. The highest BCUT2D eigenvalue weighted by Crippen LogP contribution is 2.40. The van der Waals surface area contributed by atoms with E-state index in [1.54, 1.807) is 14.2 Å². The Bertz CT molecular complexity index is 490. The SMILES string of the molecule is COc1cccc(C2CCN(C3CSCCSC3)C2)c1OC. The van der Waals surface area contributed by atoms with Crippen LogP contribution in [0.5, 0.6) is 11.5 Å². The van der Waals surface area contributed by atoms with Crippen molar-refractivity contribution in [2.45, 2.75) is 18.4 Å². The molecule has 0 amide bonds. The third-order valence-corrected chi connectivity index (χ3v) is 7.09. The smallest absolute Gasteiger partial charge is 0.164 e. The topological polar surface area (TPSA) is 21.7 Å². The van der Waals surface area contributed by atoms with Crippen molar-refractivity contribution in [2.24, 2.45) is 0 Å². The highest BCUT2D eigenvalue weighted by atomic mass is 32.2. The van der Waals surface area contributed by atoms with Crippen molar-refractivity contribution >= 4 is 23.5 Å². The van der Waals surface area contributed by atoms with Crippen molar-refractivity contribution in [1.29, 1.82) is 0 Å². The molecule has 0 radical (unpaired) electrons. The number of hydrogen-bond donors (Lipinski definition) is 0. The van der Waals surface area contributed by atoms with Gasteiger partial charge in [-0.3, -0.25) is 4.90 Å². The molecule has 1 atom stereocenters. The molecule has 0 aliphatic carbocycles. The second-order valence-corrected chi connectivity index (χ2v) is 8.17. The van der Waals surface area contributed by atoms with Gasteiger partial charge in [0.1, 0.15) is 0 Å². The summed E-state index contributed by atoms with van der Waals surface area (Å²) < 4.78 is 11.1. The van der Waals surface area contributed by atoms with E-state index in [9.17, 15) is 0 Å². The molecule has 0 bridgehead atoms. The first-order chi connectivity index (χ1) is 10.8. The van der Waals surface area contributed by atoms with E-state index < -0.39 is 0 Å². The van der Waals surface area contributed by atoms with E-state index in [0.717, 1.165) is 24.1 Å². The molecule has 3 nitrogen and oxygen atoms in total. The van der Waals surface area contributed by atoms with Gasteiger partial charge in [0, 0.05) is 47.1 Å². The van der Waals surface area contributed by atoms with Gasteiger partial charge in [0.25, 0.3) is 0 Å². The molecule has 3 rings (SSSR count). The van der Waals surface area contributed by atoms with E-state index in [-0.39, 0.29) is 0 Å². The number of methoxy groups -OCH3 is 2. The van der Waals surface area contributed by atoms with Crippen molar-refractivity contribution < 1.29 is 9.47 Å². The third kappa shape index (κ3) is 3.52. The van der Waals surface area contributed by atoms with E-state index in [0.29, 0.717) is 5.92 Å². The van der Waals surface area contributed by atoms with Crippen molar-refractivity contribution in [3.63, 3.8) is 0 Å². The molecule has 2 heterocycles. The van der Waals surface area contributed by atoms with Gasteiger partial charge >= 0.3 is 0 Å². The molecule has 1 unspecified atom stereocenters. The first kappa shape index (κ1) is 16.3. The van der Waals surface area contributed by atoms with Gasteiger partial charge in [-0.2, -0.15) is 23.5 Å². The maximum Gasteiger partial charge on any atom is 0.164 e. The number of ether oxygens (including phenoxy) is 2. The molecule has 22 heavy (non-hydrogen) atoms. The van der Waals surface area contributed by atoms with Gasteiger partial charge in [-0.15, -0.1) is 0 Å². The zero-order chi connectivity index (χ0) is 15.4. The average Bonchev–Trinajstić information content (AvgIpc) is 2.89. The maximum absolute atomic E-state index is 5.63. The first-order valence-corrected chi connectivity index (χ1v) is 10.2. The number of benzene rings is 1. The highest BCUT2D eigenvalue weighted by molar-refractivity contribution is 8.03. The van der Waals surface area contributed by atoms with E-state index >= 15 is 0 Å². The first-order valence-electron chi connectivity index (χ1n) is 7.94. The summed E-state index contributed by atoms with van der Waals surface area (Å²) in [4.78, 5) is 2.69. The zero-order valence-corrected chi connectivity index (χ0v) is 15.0. The molecule has 0 saturated carbocycles. The average molecular weight is 340 g/mol. The highest BCUT2D eigenvalue weighted by Gasteiger charge is 2.31. The third-order valence-electron chi connectivity index (χ3n) is 4.60. The van der Waals surface area contributed by atoms with Crippen LogP contribution >= 0.6 is 23.5 Å². The fourth-order valence-electron chi connectivity index (χ4n) is 3.42. The lowest BCUT2D eigenvalue weighted by Gasteiger charge is -2.26. The summed E-state index contributed by atoms with van der Waals surface area (Å²) >= 11 is 4.23. The number of thioether (sulfide) groups is 2. The lowest BCUT2D eigenvalue weighted by atomic mass is 9.97. The Labute approximate surface area is 142 Å². The van der Waals surface area contributed by atoms with Gasteiger partial charge in [0.15, 0.2) is 11.5 Å².